The third-order valence-corrected chi connectivity index (χ3v) is 6.40. The Morgan fingerprint density at radius 2 is 1.76 bits per heavy atom. The number of para-hydroxylation sites is 1. The first-order valence-electron chi connectivity index (χ1n) is 11.4. The summed E-state index contributed by atoms with van der Waals surface area (Å²) < 4.78 is 14.2. The largest absolute Gasteiger partial charge is 0.348 e. The monoisotopic (exact) mass is 479 g/mol. The quantitative estimate of drug-likeness (QED) is 0.486. The van der Waals surface area contributed by atoms with Gasteiger partial charge in [0.15, 0.2) is 0 Å². The smallest absolute Gasteiger partial charge is 0.253 e. The molecule has 3 aromatic carbocycles. The van der Waals surface area contributed by atoms with E-state index in [4.69, 9.17) is 11.6 Å². The van der Waals surface area contributed by atoms with Crippen LogP contribution in [0.15, 0.2) is 72.8 Å². The van der Waals surface area contributed by atoms with Crippen LogP contribution in [0.25, 0.3) is 0 Å². The first kappa shape index (κ1) is 23.9. The van der Waals surface area contributed by atoms with Crippen LogP contribution in [-0.4, -0.2) is 29.8 Å². The van der Waals surface area contributed by atoms with Crippen molar-refractivity contribution in [1.29, 1.82) is 0 Å². The summed E-state index contributed by atoms with van der Waals surface area (Å²) in [5.74, 6) is -0.999. The van der Waals surface area contributed by atoms with Gasteiger partial charge in [-0.05, 0) is 49.2 Å². The van der Waals surface area contributed by atoms with Gasteiger partial charge >= 0.3 is 0 Å². The Bertz CT molecular complexity index is 1140. The predicted octanol–water partition coefficient (Wildman–Crippen LogP) is 5.26. The van der Waals surface area contributed by atoms with Crippen molar-refractivity contribution in [3.05, 3.63) is 100 Å². The second-order valence-corrected chi connectivity index (χ2v) is 8.88. The van der Waals surface area contributed by atoms with E-state index in [0.717, 1.165) is 24.9 Å². The summed E-state index contributed by atoms with van der Waals surface area (Å²) in [5, 5.41) is 6.24. The van der Waals surface area contributed by atoms with E-state index in [1.165, 1.54) is 6.07 Å². The second-order valence-electron chi connectivity index (χ2n) is 8.48. The van der Waals surface area contributed by atoms with Gasteiger partial charge in [-0.1, -0.05) is 60.1 Å². The molecule has 1 saturated heterocycles. The Hall–Kier alpha value is -3.22. The van der Waals surface area contributed by atoms with E-state index in [0.29, 0.717) is 41.5 Å². The van der Waals surface area contributed by atoms with Gasteiger partial charge in [0.2, 0.25) is 5.91 Å². The van der Waals surface area contributed by atoms with Crippen LogP contribution >= 0.6 is 11.6 Å². The number of nitrogens with one attached hydrogen (secondary N) is 2. The molecular weight excluding hydrogens is 453 g/mol. The topological polar surface area (TPSA) is 61.4 Å². The molecule has 1 unspecified atom stereocenters. The minimum Gasteiger partial charge on any atom is -0.348 e. The summed E-state index contributed by atoms with van der Waals surface area (Å²) in [5.41, 5.74) is 2.34. The number of carbonyl (C=O) groups is 2. The molecule has 34 heavy (non-hydrogen) atoms. The van der Waals surface area contributed by atoms with Crippen molar-refractivity contribution in [2.24, 2.45) is 5.92 Å². The molecule has 0 bridgehead atoms. The highest BCUT2D eigenvalue weighted by atomic mass is 35.5. The number of likely N-dealkylation sites (tertiary alicyclic amines) is 1. The highest BCUT2D eigenvalue weighted by Crippen LogP contribution is 2.25. The molecule has 1 atom stereocenters. The van der Waals surface area contributed by atoms with E-state index >= 15 is 0 Å². The number of carbonyl (C=O) groups excluding carboxylic acids is 2. The first-order valence-corrected chi connectivity index (χ1v) is 11.8. The van der Waals surface area contributed by atoms with Crippen LogP contribution in [0.5, 0.6) is 0 Å². The fraction of sp³-hybridized carbons (Fsp3) is 0.259. The fourth-order valence-corrected chi connectivity index (χ4v) is 4.44. The zero-order valence-corrected chi connectivity index (χ0v) is 19.5. The molecule has 0 saturated carbocycles. The lowest BCUT2D eigenvalue weighted by atomic mass is 9.96. The summed E-state index contributed by atoms with van der Waals surface area (Å²) in [7, 11) is 0. The zero-order chi connectivity index (χ0) is 23.9. The molecule has 0 spiro atoms. The van der Waals surface area contributed by atoms with Crippen molar-refractivity contribution >= 4 is 29.1 Å². The zero-order valence-electron chi connectivity index (χ0n) is 18.8. The van der Waals surface area contributed by atoms with Crippen molar-refractivity contribution in [2.45, 2.75) is 25.9 Å². The molecule has 5 nitrogen and oxygen atoms in total. The Morgan fingerprint density at radius 3 is 2.56 bits per heavy atom. The minimum atomic E-state index is -0.338. The highest BCUT2D eigenvalue weighted by molar-refractivity contribution is 6.31. The minimum absolute atomic E-state index is 0.146. The number of amides is 2. The molecule has 2 amide bonds. The van der Waals surface area contributed by atoms with Crippen molar-refractivity contribution in [3.8, 4) is 0 Å². The van der Waals surface area contributed by atoms with Gasteiger partial charge in [0, 0.05) is 30.2 Å². The van der Waals surface area contributed by atoms with E-state index in [9.17, 15) is 14.0 Å². The molecule has 1 aliphatic heterocycles. The maximum absolute atomic E-state index is 14.2. The fourth-order valence-electron chi connectivity index (χ4n) is 4.22. The number of halogens is 2. The predicted molar refractivity (Wildman–Crippen MR) is 132 cm³/mol. The molecule has 1 fully saturated rings. The van der Waals surface area contributed by atoms with Crippen molar-refractivity contribution in [1.82, 2.24) is 10.2 Å². The average molecular weight is 480 g/mol. The van der Waals surface area contributed by atoms with Gasteiger partial charge in [0.25, 0.3) is 5.91 Å². The van der Waals surface area contributed by atoms with Gasteiger partial charge < -0.3 is 10.6 Å². The SMILES string of the molecule is O=C(NCc1ccccc1)c1ccccc1NC(=O)C1CCCN(Cc2c(F)cccc2Cl)C1. The summed E-state index contributed by atoms with van der Waals surface area (Å²) in [4.78, 5) is 27.9. The van der Waals surface area contributed by atoms with E-state index in [2.05, 4.69) is 15.5 Å². The number of rotatable bonds is 7. The van der Waals surface area contributed by atoms with Crippen molar-refractivity contribution in [3.63, 3.8) is 0 Å². The normalized spacial score (nSPS) is 16.1. The molecule has 1 aliphatic rings. The highest BCUT2D eigenvalue weighted by Gasteiger charge is 2.27. The molecule has 4 rings (SSSR count). The van der Waals surface area contributed by atoms with Gasteiger partial charge in [-0.25, -0.2) is 4.39 Å². The Labute approximate surface area is 203 Å². The number of benzene rings is 3. The molecule has 7 heteroatoms. The second kappa shape index (κ2) is 11.3. The van der Waals surface area contributed by atoms with Crippen LogP contribution in [-0.2, 0) is 17.9 Å². The summed E-state index contributed by atoms with van der Waals surface area (Å²) in [6.07, 6.45) is 1.55. The molecule has 0 aliphatic carbocycles. The van der Waals surface area contributed by atoms with E-state index < -0.39 is 0 Å². The van der Waals surface area contributed by atoms with E-state index in [1.54, 1.807) is 36.4 Å². The Kier molecular flexibility index (Phi) is 7.93. The number of nitrogens with zero attached hydrogens (tertiary/aromatic N) is 1. The van der Waals surface area contributed by atoms with Gasteiger partial charge in [0.05, 0.1) is 17.2 Å². The van der Waals surface area contributed by atoms with E-state index in [1.807, 2.05) is 30.3 Å². The molecule has 176 valence electrons. The van der Waals surface area contributed by atoms with Gasteiger partial charge in [-0.15, -0.1) is 0 Å². The van der Waals surface area contributed by atoms with Crippen LogP contribution in [0.3, 0.4) is 0 Å². The summed E-state index contributed by atoms with van der Waals surface area (Å²) in [6.45, 7) is 2.03. The van der Waals surface area contributed by atoms with Gasteiger partial charge in [-0.3, -0.25) is 14.5 Å². The summed E-state index contributed by atoms with van der Waals surface area (Å²) >= 11 is 6.18. The summed E-state index contributed by atoms with van der Waals surface area (Å²) in [6, 6.07) is 21.3. The maximum Gasteiger partial charge on any atom is 0.253 e. The molecule has 3 aromatic rings. The number of piperidine rings is 1. The maximum atomic E-state index is 14.2. The number of hydrogen-bond acceptors (Lipinski definition) is 3. The molecule has 1 heterocycles. The average Bonchev–Trinajstić information content (AvgIpc) is 2.86. The molecule has 0 aromatic heterocycles. The molecular formula is C27H27ClFN3O2. The lowest BCUT2D eigenvalue weighted by molar-refractivity contribution is -0.121. The van der Waals surface area contributed by atoms with Gasteiger partial charge in [-0.2, -0.15) is 0 Å². The first-order chi connectivity index (χ1) is 16.5. The van der Waals surface area contributed by atoms with Crippen LogP contribution < -0.4 is 10.6 Å². The van der Waals surface area contributed by atoms with Crippen LogP contribution in [0, 0.1) is 11.7 Å². The lowest BCUT2D eigenvalue weighted by Crippen LogP contribution is -2.40. The Balaban J connectivity index is 1.39. The van der Waals surface area contributed by atoms with E-state index in [-0.39, 0.29) is 23.5 Å². The Morgan fingerprint density at radius 1 is 1.00 bits per heavy atom. The van der Waals surface area contributed by atoms with Crippen molar-refractivity contribution < 1.29 is 14.0 Å². The molecule has 0 radical (unpaired) electrons. The number of hydrogen-bond donors (Lipinski definition) is 2. The van der Waals surface area contributed by atoms with Gasteiger partial charge in [0.1, 0.15) is 5.82 Å². The third-order valence-electron chi connectivity index (χ3n) is 6.05. The molecule has 2 N–H and O–H groups in total. The van der Waals surface area contributed by atoms with Crippen molar-refractivity contribution in [2.75, 3.05) is 18.4 Å². The van der Waals surface area contributed by atoms with Crippen LogP contribution in [0.1, 0.15) is 34.3 Å². The lowest BCUT2D eigenvalue weighted by Gasteiger charge is -2.32. The van der Waals surface area contributed by atoms with Crippen LogP contribution in [0.4, 0.5) is 10.1 Å². The standard InChI is InChI=1S/C27H27ClFN3O2/c28-23-12-6-13-24(29)22(23)18-32-15-7-10-20(17-32)26(33)31-25-14-5-4-11-21(25)27(34)30-16-19-8-2-1-3-9-19/h1-6,8-9,11-14,20H,7,10,15-18H2,(H,30,34)(H,31,33). The third kappa shape index (κ3) is 6.01. The van der Waals surface area contributed by atoms with Crippen LogP contribution in [0.2, 0.25) is 5.02 Å². The number of anilines is 1.